The predicted molar refractivity (Wildman–Crippen MR) is 59.9 cm³/mol. The molecule has 0 unspecified atom stereocenters. The molecule has 0 aliphatic carbocycles. The molecule has 0 aliphatic rings. The molecule has 4 nitrogen and oxygen atoms in total. The zero-order valence-corrected chi connectivity index (χ0v) is 10.8. The van der Waals surface area contributed by atoms with Gasteiger partial charge in [-0.25, -0.2) is 0 Å². The fourth-order valence-electron chi connectivity index (χ4n) is 0.879. The zero-order valence-electron chi connectivity index (χ0n) is 9.89. The van der Waals surface area contributed by atoms with Gasteiger partial charge in [-0.1, -0.05) is 0 Å². The lowest BCUT2D eigenvalue weighted by Crippen LogP contribution is -2.06. The van der Waals surface area contributed by atoms with Crippen molar-refractivity contribution in [3.63, 3.8) is 0 Å². The van der Waals surface area contributed by atoms with Crippen LogP contribution in [0.15, 0.2) is 11.9 Å². The standard InChI is InChI=1S/C10H19O4P/c1-8(2)13-15(12,14-9(3)4)7-6-10(5)11/h6-9H,1-5H3. The Kier molecular flexibility index (Phi) is 6.03. The molecule has 88 valence electrons. The number of ketones is 1. The molecular weight excluding hydrogens is 215 g/mol. The van der Waals surface area contributed by atoms with E-state index < -0.39 is 7.60 Å². The summed E-state index contributed by atoms with van der Waals surface area (Å²) in [6.07, 6.45) is 0.781. The Morgan fingerprint density at radius 1 is 1.13 bits per heavy atom. The van der Waals surface area contributed by atoms with E-state index in [4.69, 9.17) is 9.05 Å². The first-order valence-corrected chi connectivity index (χ1v) is 6.52. The molecule has 0 heterocycles. The highest BCUT2D eigenvalue weighted by Gasteiger charge is 2.24. The summed E-state index contributed by atoms with van der Waals surface area (Å²) < 4.78 is 22.4. The van der Waals surface area contributed by atoms with Crippen LogP contribution < -0.4 is 0 Å². The quantitative estimate of drug-likeness (QED) is 0.523. The average molecular weight is 234 g/mol. The average Bonchev–Trinajstić information content (AvgIpc) is 1.97. The van der Waals surface area contributed by atoms with Gasteiger partial charge in [0.15, 0.2) is 5.78 Å². The maximum atomic E-state index is 12.1. The highest BCUT2D eigenvalue weighted by atomic mass is 31.2. The lowest BCUT2D eigenvalue weighted by molar-refractivity contribution is -0.112. The van der Waals surface area contributed by atoms with Crippen LogP contribution in [-0.2, 0) is 18.4 Å². The third-order valence-electron chi connectivity index (χ3n) is 1.21. The summed E-state index contributed by atoms with van der Waals surface area (Å²) in [6.45, 7) is 8.43. The van der Waals surface area contributed by atoms with Crippen LogP contribution in [0.5, 0.6) is 0 Å². The zero-order chi connectivity index (χ0) is 12.1. The van der Waals surface area contributed by atoms with E-state index in [1.165, 1.54) is 18.8 Å². The van der Waals surface area contributed by atoms with Gasteiger partial charge in [-0.05, 0) is 40.7 Å². The van der Waals surface area contributed by atoms with Crippen LogP contribution in [-0.4, -0.2) is 18.0 Å². The summed E-state index contributed by atoms with van der Waals surface area (Å²) in [6, 6.07) is 0. The maximum Gasteiger partial charge on any atom is 0.354 e. The normalized spacial score (nSPS) is 13.0. The molecule has 0 aromatic heterocycles. The number of allylic oxidation sites excluding steroid dienone is 1. The van der Waals surface area contributed by atoms with Crippen molar-refractivity contribution in [2.45, 2.75) is 46.8 Å². The van der Waals surface area contributed by atoms with Crippen LogP contribution >= 0.6 is 7.60 Å². The van der Waals surface area contributed by atoms with E-state index >= 15 is 0 Å². The van der Waals surface area contributed by atoms with Gasteiger partial charge in [0.25, 0.3) is 0 Å². The molecular formula is C10H19O4P. The van der Waals surface area contributed by atoms with Gasteiger partial charge in [-0.15, -0.1) is 0 Å². The van der Waals surface area contributed by atoms with Crippen LogP contribution in [0, 0.1) is 0 Å². The molecule has 0 fully saturated rings. The minimum Gasteiger partial charge on any atom is -0.303 e. The molecule has 0 bridgehead atoms. The molecule has 5 heteroatoms. The Morgan fingerprint density at radius 3 is 1.80 bits per heavy atom. The summed E-state index contributed by atoms with van der Waals surface area (Å²) in [4.78, 5) is 10.7. The number of carbonyl (C=O) groups excluding carboxylic acids is 1. The van der Waals surface area contributed by atoms with Gasteiger partial charge in [0.05, 0.1) is 12.2 Å². The molecule has 15 heavy (non-hydrogen) atoms. The highest BCUT2D eigenvalue weighted by Crippen LogP contribution is 2.51. The van der Waals surface area contributed by atoms with Crippen molar-refractivity contribution < 1.29 is 18.4 Å². The van der Waals surface area contributed by atoms with Gasteiger partial charge in [-0.3, -0.25) is 9.36 Å². The molecule has 0 aromatic rings. The third kappa shape index (κ3) is 7.48. The van der Waals surface area contributed by atoms with Gasteiger partial charge < -0.3 is 9.05 Å². The molecule has 0 radical (unpaired) electrons. The second kappa shape index (κ2) is 6.21. The first-order chi connectivity index (χ1) is 6.75. The second-order valence-electron chi connectivity index (χ2n) is 3.77. The van der Waals surface area contributed by atoms with E-state index in [0.29, 0.717) is 0 Å². The van der Waals surface area contributed by atoms with Crippen molar-refractivity contribution in [1.29, 1.82) is 0 Å². The highest BCUT2D eigenvalue weighted by molar-refractivity contribution is 7.57. The summed E-state index contributed by atoms with van der Waals surface area (Å²) in [5.74, 6) is 1.03. The van der Waals surface area contributed by atoms with Crippen LogP contribution in [0.2, 0.25) is 0 Å². The number of hydrogen-bond acceptors (Lipinski definition) is 4. The Bertz CT molecular complexity index is 267. The molecule has 0 atom stereocenters. The Morgan fingerprint density at radius 2 is 1.53 bits per heavy atom. The predicted octanol–water partition coefficient (Wildman–Crippen LogP) is 3.13. The van der Waals surface area contributed by atoms with Crippen LogP contribution in [0.4, 0.5) is 0 Å². The largest absolute Gasteiger partial charge is 0.354 e. The Labute approximate surface area is 91.2 Å². The maximum absolute atomic E-state index is 12.1. The Hall–Kier alpha value is -0.440. The van der Waals surface area contributed by atoms with E-state index in [1.54, 1.807) is 27.7 Å². The second-order valence-corrected chi connectivity index (χ2v) is 5.57. The van der Waals surface area contributed by atoms with Crippen molar-refractivity contribution in [3.8, 4) is 0 Å². The van der Waals surface area contributed by atoms with E-state index in [9.17, 15) is 9.36 Å². The first-order valence-electron chi connectivity index (χ1n) is 4.91. The minimum absolute atomic E-state index is 0.185. The van der Waals surface area contributed by atoms with E-state index in [-0.39, 0.29) is 18.0 Å². The smallest absolute Gasteiger partial charge is 0.303 e. The molecule has 0 saturated heterocycles. The number of hydrogen-bond donors (Lipinski definition) is 0. The van der Waals surface area contributed by atoms with Crippen molar-refractivity contribution >= 4 is 13.4 Å². The van der Waals surface area contributed by atoms with Gasteiger partial charge in [-0.2, -0.15) is 0 Å². The van der Waals surface area contributed by atoms with Gasteiger partial charge >= 0.3 is 7.60 Å². The Balaban J connectivity index is 4.70. The number of carbonyl (C=O) groups is 1. The van der Waals surface area contributed by atoms with Crippen molar-refractivity contribution in [1.82, 2.24) is 0 Å². The van der Waals surface area contributed by atoms with Crippen LogP contribution in [0.1, 0.15) is 34.6 Å². The lowest BCUT2D eigenvalue weighted by Gasteiger charge is -2.19. The van der Waals surface area contributed by atoms with E-state index in [2.05, 4.69) is 0 Å². The summed E-state index contributed by atoms with van der Waals surface area (Å²) in [5, 5.41) is 0. The van der Waals surface area contributed by atoms with Gasteiger partial charge in [0.1, 0.15) is 0 Å². The fraction of sp³-hybridized carbons (Fsp3) is 0.700. The van der Waals surface area contributed by atoms with E-state index in [1.807, 2.05) is 0 Å². The lowest BCUT2D eigenvalue weighted by atomic mass is 10.5. The van der Waals surface area contributed by atoms with Crippen LogP contribution in [0.25, 0.3) is 0 Å². The van der Waals surface area contributed by atoms with E-state index in [0.717, 1.165) is 0 Å². The molecule has 0 amide bonds. The summed E-state index contributed by atoms with van der Waals surface area (Å²) in [7, 11) is -3.29. The van der Waals surface area contributed by atoms with Crippen molar-refractivity contribution in [2.75, 3.05) is 0 Å². The van der Waals surface area contributed by atoms with Gasteiger partial charge in [0.2, 0.25) is 0 Å². The molecule has 0 aliphatic heterocycles. The molecule has 0 spiro atoms. The molecule has 0 rings (SSSR count). The summed E-state index contributed by atoms with van der Waals surface area (Å²) in [5.41, 5.74) is 0. The fourth-order valence-corrected chi connectivity index (χ4v) is 2.64. The van der Waals surface area contributed by atoms with Crippen molar-refractivity contribution in [2.24, 2.45) is 0 Å². The monoisotopic (exact) mass is 234 g/mol. The minimum atomic E-state index is -3.29. The summed E-state index contributed by atoms with van der Waals surface area (Å²) >= 11 is 0. The topological polar surface area (TPSA) is 52.6 Å². The molecule has 0 saturated carbocycles. The van der Waals surface area contributed by atoms with Crippen molar-refractivity contribution in [3.05, 3.63) is 11.9 Å². The molecule has 0 aromatic carbocycles. The first kappa shape index (κ1) is 14.6. The number of rotatable bonds is 6. The SMILES string of the molecule is CC(=O)C=CP(=O)(OC(C)C)OC(C)C. The molecule has 0 N–H and O–H groups in total. The van der Waals surface area contributed by atoms with Crippen LogP contribution in [0.3, 0.4) is 0 Å². The van der Waals surface area contributed by atoms with Gasteiger partial charge in [0, 0.05) is 5.82 Å². The third-order valence-corrected chi connectivity index (χ3v) is 3.15.